The van der Waals surface area contributed by atoms with Gasteiger partial charge < -0.3 is 0 Å². The molecule has 1 heteroatoms. The summed E-state index contributed by atoms with van der Waals surface area (Å²) in [6.07, 6.45) is 3.49. The summed E-state index contributed by atoms with van der Waals surface area (Å²) in [5, 5.41) is 3.49. The monoisotopic (exact) mass is 218 g/mol. The third-order valence-electron chi connectivity index (χ3n) is 2.76. The van der Waals surface area contributed by atoms with Crippen molar-refractivity contribution < 1.29 is 0 Å². The van der Waals surface area contributed by atoms with Crippen LogP contribution in [-0.4, -0.2) is 0 Å². The van der Waals surface area contributed by atoms with E-state index >= 15 is 0 Å². The first kappa shape index (κ1) is 10.5. The van der Waals surface area contributed by atoms with Crippen molar-refractivity contribution in [2.75, 3.05) is 0 Å². The van der Waals surface area contributed by atoms with E-state index in [-0.39, 0.29) is 0 Å². The molecule has 0 bridgehead atoms. The molecule has 0 fully saturated rings. The third-order valence-corrected chi connectivity index (χ3v) is 3.12. The fourth-order valence-corrected chi connectivity index (χ4v) is 2.18. The highest BCUT2D eigenvalue weighted by atomic mass is 35.5. The molecule has 0 heterocycles. The van der Waals surface area contributed by atoms with E-state index in [0.717, 1.165) is 11.4 Å². The van der Waals surface area contributed by atoms with E-state index in [9.17, 15) is 0 Å². The predicted octanol–water partition coefficient (Wildman–Crippen LogP) is 4.84. The Morgan fingerprint density at radius 3 is 2.67 bits per heavy atom. The van der Waals surface area contributed by atoms with Crippen molar-refractivity contribution in [3.8, 4) is 0 Å². The lowest BCUT2D eigenvalue weighted by Crippen LogP contribution is -1.88. The van der Waals surface area contributed by atoms with Crippen molar-refractivity contribution in [3.05, 3.63) is 47.0 Å². The molecule has 0 spiro atoms. The van der Waals surface area contributed by atoms with Crippen molar-refractivity contribution in [1.82, 2.24) is 0 Å². The zero-order valence-electron chi connectivity index (χ0n) is 8.96. The van der Waals surface area contributed by atoms with Crippen LogP contribution in [-0.2, 0) is 6.42 Å². The number of unbranched alkanes of at least 4 members (excludes halogenated alkanes) is 1. The minimum Gasteiger partial charge on any atom is -0.0840 e. The molecule has 0 unspecified atom stereocenters. The minimum absolute atomic E-state index is 0.905. The van der Waals surface area contributed by atoms with Gasteiger partial charge in [0.25, 0.3) is 0 Å². The van der Waals surface area contributed by atoms with Crippen LogP contribution in [0.1, 0.15) is 25.3 Å². The lowest BCUT2D eigenvalue weighted by atomic mass is 10.0. The maximum Gasteiger partial charge on any atom is 0.0444 e. The Labute approximate surface area is 95.9 Å². The van der Waals surface area contributed by atoms with Gasteiger partial charge in [-0.05, 0) is 35.2 Å². The van der Waals surface area contributed by atoms with Gasteiger partial charge in [-0.1, -0.05) is 55.3 Å². The molecular weight excluding hydrogens is 204 g/mol. The van der Waals surface area contributed by atoms with Crippen LogP contribution in [0.25, 0.3) is 10.8 Å². The Morgan fingerprint density at radius 2 is 1.87 bits per heavy atom. The van der Waals surface area contributed by atoms with E-state index in [1.165, 1.54) is 29.2 Å². The molecule has 0 radical (unpaired) electrons. The van der Waals surface area contributed by atoms with Crippen LogP contribution in [0.15, 0.2) is 36.4 Å². The Balaban J connectivity index is 2.53. The van der Waals surface area contributed by atoms with Gasteiger partial charge in [0.15, 0.2) is 0 Å². The first-order valence-electron chi connectivity index (χ1n) is 5.49. The van der Waals surface area contributed by atoms with E-state index in [4.69, 9.17) is 11.6 Å². The highest BCUT2D eigenvalue weighted by molar-refractivity contribution is 6.32. The zero-order chi connectivity index (χ0) is 10.7. The highest BCUT2D eigenvalue weighted by Crippen LogP contribution is 2.27. The summed E-state index contributed by atoms with van der Waals surface area (Å²) < 4.78 is 0. The second-order valence-corrected chi connectivity index (χ2v) is 4.26. The molecular formula is C14H15Cl. The number of fused-ring (bicyclic) bond motifs is 1. The number of hydrogen-bond acceptors (Lipinski definition) is 0. The van der Waals surface area contributed by atoms with Gasteiger partial charge in [-0.2, -0.15) is 0 Å². The van der Waals surface area contributed by atoms with Gasteiger partial charge in [0.2, 0.25) is 0 Å². The van der Waals surface area contributed by atoms with Crippen molar-refractivity contribution in [2.45, 2.75) is 26.2 Å². The second-order valence-electron chi connectivity index (χ2n) is 3.85. The van der Waals surface area contributed by atoms with Gasteiger partial charge >= 0.3 is 0 Å². The third kappa shape index (κ3) is 2.15. The number of hydrogen-bond donors (Lipinski definition) is 0. The van der Waals surface area contributed by atoms with E-state index in [1.54, 1.807) is 0 Å². The predicted molar refractivity (Wildman–Crippen MR) is 67.6 cm³/mol. The molecule has 0 amide bonds. The molecule has 0 saturated carbocycles. The average Bonchev–Trinajstić information content (AvgIpc) is 2.28. The number of rotatable bonds is 3. The van der Waals surface area contributed by atoms with E-state index in [0.29, 0.717) is 0 Å². The summed E-state index contributed by atoms with van der Waals surface area (Å²) >= 11 is 6.24. The molecule has 0 saturated heterocycles. The topological polar surface area (TPSA) is 0 Å². The Kier molecular flexibility index (Phi) is 3.27. The van der Waals surface area contributed by atoms with E-state index < -0.39 is 0 Å². The summed E-state index contributed by atoms with van der Waals surface area (Å²) in [6.45, 7) is 2.21. The van der Waals surface area contributed by atoms with Crippen molar-refractivity contribution >= 4 is 22.4 Å². The Morgan fingerprint density at radius 1 is 1.07 bits per heavy atom. The van der Waals surface area contributed by atoms with Crippen LogP contribution in [0.3, 0.4) is 0 Å². The zero-order valence-corrected chi connectivity index (χ0v) is 9.72. The smallest absolute Gasteiger partial charge is 0.0444 e. The van der Waals surface area contributed by atoms with Crippen molar-refractivity contribution in [3.63, 3.8) is 0 Å². The Hall–Kier alpha value is -1.01. The molecule has 0 aliphatic carbocycles. The van der Waals surface area contributed by atoms with Crippen molar-refractivity contribution in [2.24, 2.45) is 0 Å². The fraction of sp³-hybridized carbons (Fsp3) is 0.286. The van der Waals surface area contributed by atoms with Crippen LogP contribution in [0.2, 0.25) is 5.02 Å². The molecule has 0 aromatic heterocycles. The van der Waals surface area contributed by atoms with Crippen molar-refractivity contribution in [1.29, 1.82) is 0 Å². The Bertz CT molecular complexity index is 460. The summed E-state index contributed by atoms with van der Waals surface area (Å²) in [7, 11) is 0. The molecule has 15 heavy (non-hydrogen) atoms. The van der Waals surface area contributed by atoms with Crippen LogP contribution in [0.5, 0.6) is 0 Å². The van der Waals surface area contributed by atoms with Gasteiger partial charge in [0, 0.05) is 5.02 Å². The van der Waals surface area contributed by atoms with Gasteiger partial charge in [0.05, 0.1) is 0 Å². The molecule has 2 rings (SSSR count). The van der Waals surface area contributed by atoms with Gasteiger partial charge in [0.1, 0.15) is 0 Å². The molecule has 2 aromatic carbocycles. The fourth-order valence-electron chi connectivity index (χ4n) is 1.92. The lowest BCUT2D eigenvalue weighted by molar-refractivity contribution is 0.799. The summed E-state index contributed by atoms with van der Waals surface area (Å²) in [5.41, 5.74) is 1.30. The summed E-state index contributed by atoms with van der Waals surface area (Å²) in [5.74, 6) is 0. The minimum atomic E-state index is 0.905. The van der Waals surface area contributed by atoms with Crippen LogP contribution in [0.4, 0.5) is 0 Å². The summed E-state index contributed by atoms with van der Waals surface area (Å²) in [6, 6.07) is 12.5. The van der Waals surface area contributed by atoms with E-state index in [2.05, 4.69) is 37.3 Å². The molecule has 2 aromatic rings. The molecule has 0 aliphatic heterocycles. The normalized spacial score (nSPS) is 10.8. The standard InChI is InChI=1S/C14H15Cl/c1-2-3-7-13-12-8-5-4-6-11(12)9-10-14(13)15/h4-6,8-10H,2-3,7H2,1H3. The molecule has 78 valence electrons. The first-order chi connectivity index (χ1) is 7.33. The molecule has 0 atom stereocenters. The van der Waals surface area contributed by atoms with Gasteiger partial charge in [-0.3, -0.25) is 0 Å². The highest BCUT2D eigenvalue weighted by Gasteiger charge is 2.04. The van der Waals surface area contributed by atoms with Crippen LogP contribution in [0, 0.1) is 0 Å². The number of benzene rings is 2. The number of halogens is 1. The SMILES string of the molecule is CCCCc1c(Cl)ccc2ccccc12. The maximum absolute atomic E-state index is 6.24. The average molecular weight is 219 g/mol. The largest absolute Gasteiger partial charge is 0.0840 e. The molecule has 0 N–H and O–H groups in total. The van der Waals surface area contributed by atoms with Gasteiger partial charge in [-0.25, -0.2) is 0 Å². The number of aryl methyl sites for hydroxylation is 1. The lowest BCUT2D eigenvalue weighted by Gasteiger charge is -2.08. The van der Waals surface area contributed by atoms with E-state index in [1.807, 2.05) is 6.07 Å². The molecule has 0 nitrogen and oxygen atoms in total. The quantitative estimate of drug-likeness (QED) is 0.692. The maximum atomic E-state index is 6.24. The van der Waals surface area contributed by atoms with Crippen LogP contribution < -0.4 is 0 Å². The molecule has 0 aliphatic rings. The second kappa shape index (κ2) is 4.67. The summed E-state index contributed by atoms with van der Waals surface area (Å²) in [4.78, 5) is 0. The van der Waals surface area contributed by atoms with Crippen LogP contribution >= 0.6 is 11.6 Å². The van der Waals surface area contributed by atoms with Gasteiger partial charge in [-0.15, -0.1) is 0 Å². The first-order valence-corrected chi connectivity index (χ1v) is 5.87.